The number of nitrogens with zero attached hydrogens (tertiary/aromatic N) is 2. The number of benzene rings is 1. The summed E-state index contributed by atoms with van der Waals surface area (Å²) in [5.74, 6) is 0.624. The number of hydrogen-bond donors (Lipinski definition) is 2. The molecule has 7 nitrogen and oxygen atoms in total. The smallest absolute Gasteiger partial charge is 0.245 e. The van der Waals surface area contributed by atoms with Gasteiger partial charge in [-0.1, -0.05) is 43.9 Å². The largest absolute Gasteiger partial charge is 0.361 e. The molecule has 1 saturated carbocycles. The minimum absolute atomic E-state index is 0.0801. The third-order valence-corrected chi connectivity index (χ3v) is 6.96. The van der Waals surface area contributed by atoms with Crippen molar-refractivity contribution in [1.82, 2.24) is 20.1 Å². The van der Waals surface area contributed by atoms with Crippen LogP contribution in [0.1, 0.15) is 51.0 Å². The quantitative estimate of drug-likeness (QED) is 0.697. The highest BCUT2D eigenvalue weighted by molar-refractivity contribution is 5.89. The second-order valence-corrected chi connectivity index (χ2v) is 9.21. The van der Waals surface area contributed by atoms with Crippen LogP contribution in [0.25, 0.3) is 10.9 Å². The van der Waals surface area contributed by atoms with Gasteiger partial charge in [-0.3, -0.25) is 14.4 Å². The van der Waals surface area contributed by atoms with Gasteiger partial charge in [0.05, 0.1) is 0 Å². The van der Waals surface area contributed by atoms with E-state index in [1.165, 1.54) is 32.6 Å². The maximum Gasteiger partial charge on any atom is 0.245 e. The van der Waals surface area contributed by atoms with Crippen LogP contribution < -0.4 is 5.32 Å². The van der Waals surface area contributed by atoms with Crippen LogP contribution in [-0.2, 0) is 20.8 Å². The number of H-pyrrole nitrogens is 1. The zero-order valence-electron chi connectivity index (χ0n) is 18.9. The predicted molar refractivity (Wildman–Crippen MR) is 124 cm³/mol. The summed E-state index contributed by atoms with van der Waals surface area (Å²) in [5, 5.41) is 3.90. The number of rotatable bonds is 7. The second kappa shape index (κ2) is 10.2. The van der Waals surface area contributed by atoms with E-state index in [1.54, 1.807) is 4.90 Å². The van der Waals surface area contributed by atoms with Crippen molar-refractivity contribution in [3.05, 3.63) is 36.0 Å². The number of carbonyl (C=O) groups excluding carboxylic acids is 3. The van der Waals surface area contributed by atoms with E-state index in [4.69, 9.17) is 0 Å². The van der Waals surface area contributed by atoms with Crippen LogP contribution in [0.2, 0.25) is 0 Å². The Morgan fingerprint density at radius 1 is 1.06 bits per heavy atom. The maximum atomic E-state index is 13.3. The first kappa shape index (κ1) is 22.4. The molecular weight excluding hydrogens is 404 g/mol. The standard InChI is InChI=1S/C25H34N4O3/c1-18(30)27-23(16-20-17-26-22-9-5-4-8-21(20)22)25(32)29-14-12-28(13-15-29)24(31)11-10-19-6-2-3-7-19/h4-5,8-9,17,19,23,26H,2-3,6-7,10-16H2,1H3,(H,27,30)/t23-/m0/s1. The monoisotopic (exact) mass is 438 g/mol. The molecule has 2 N–H and O–H groups in total. The molecular formula is C25H34N4O3. The molecule has 2 heterocycles. The summed E-state index contributed by atoms with van der Waals surface area (Å²) in [6.45, 7) is 3.59. The van der Waals surface area contributed by atoms with Crippen molar-refractivity contribution in [2.24, 2.45) is 5.92 Å². The highest BCUT2D eigenvalue weighted by Crippen LogP contribution is 2.28. The Kier molecular flexibility index (Phi) is 7.12. The van der Waals surface area contributed by atoms with Gasteiger partial charge >= 0.3 is 0 Å². The molecule has 4 rings (SSSR count). The minimum atomic E-state index is -0.615. The van der Waals surface area contributed by atoms with Crippen molar-refractivity contribution >= 4 is 28.6 Å². The number of nitrogens with one attached hydrogen (secondary N) is 2. The van der Waals surface area contributed by atoms with Gasteiger partial charge in [0.2, 0.25) is 17.7 Å². The Hall–Kier alpha value is -2.83. The topological polar surface area (TPSA) is 85.5 Å². The summed E-state index contributed by atoms with van der Waals surface area (Å²) in [5.41, 5.74) is 2.02. The summed E-state index contributed by atoms with van der Waals surface area (Å²) in [4.78, 5) is 44.6. The number of carbonyl (C=O) groups is 3. The SMILES string of the molecule is CC(=O)N[C@@H](Cc1c[nH]c2ccccc12)C(=O)N1CCN(C(=O)CCC2CCCC2)CC1. The molecule has 0 radical (unpaired) electrons. The third-order valence-electron chi connectivity index (χ3n) is 6.96. The van der Waals surface area contributed by atoms with Gasteiger partial charge < -0.3 is 20.1 Å². The average molecular weight is 439 g/mol. The summed E-state index contributed by atoms with van der Waals surface area (Å²) >= 11 is 0. The number of aromatic nitrogens is 1. The molecule has 32 heavy (non-hydrogen) atoms. The summed E-state index contributed by atoms with van der Waals surface area (Å²) < 4.78 is 0. The lowest BCUT2D eigenvalue weighted by atomic mass is 10.0. The Bertz CT molecular complexity index is 955. The molecule has 1 aromatic carbocycles. The Morgan fingerprint density at radius 2 is 1.75 bits per heavy atom. The van der Waals surface area contributed by atoms with Crippen molar-refractivity contribution < 1.29 is 14.4 Å². The molecule has 1 saturated heterocycles. The van der Waals surface area contributed by atoms with Crippen molar-refractivity contribution in [3.63, 3.8) is 0 Å². The fourth-order valence-electron chi connectivity index (χ4n) is 5.15. The van der Waals surface area contributed by atoms with E-state index in [1.807, 2.05) is 35.4 Å². The lowest BCUT2D eigenvalue weighted by molar-refractivity contribution is -0.141. The van der Waals surface area contributed by atoms with E-state index >= 15 is 0 Å². The van der Waals surface area contributed by atoms with Gasteiger partial charge in [0.15, 0.2) is 0 Å². The number of piperazine rings is 1. The molecule has 2 fully saturated rings. The van der Waals surface area contributed by atoms with Gasteiger partial charge in [0.25, 0.3) is 0 Å². The second-order valence-electron chi connectivity index (χ2n) is 9.21. The van der Waals surface area contributed by atoms with Gasteiger partial charge in [-0.2, -0.15) is 0 Å². The first-order valence-corrected chi connectivity index (χ1v) is 11.9. The molecule has 1 aliphatic carbocycles. The van der Waals surface area contributed by atoms with Crippen LogP contribution in [0.3, 0.4) is 0 Å². The van der Waals surface area contributed by atoms with E-state index in [9.17, 15) is 14.4 Å². The summed E-state index contributed by atoms with van der Waals surface area (Å²) in [6.07, 6.45) is 9.08. The molecule has 0 unspecified atom stereocenters. The van der Waals surface area contributed by atoms with Crippen molar-refractivity contribution in [2.45, 2.75) is 57.9 Å². The lowest BCUT2D eigenvalue weighted by Gasteiger charge is -2.36. The van der Waals surface area contributed by atoms with E-state index in [2.05, 4.69) is 10.3 Å². The molecule has 0 bridgehead atoms. The Morgan fingerprint density at radius 3 is 2.47 bits per heavy atom. The van der Waals surface area contributed by atoms with Crippen molar-refractivity contribution in [1.29, 1.82) is 0 Å². The molecule has 1 aromatic heterocycles. The number of amides is 3. The summed E-state index contributed by atoms with van der Waals surface area (Å²) in [6, 6.07) is 7.34. The van der Waals surface area contributed by atoms with Crippen LogP contribution in [0.4, 0.5) is 0 Å². The Balaban J connectivity index is 1.33. The predicted octanol–water partition coefficient (Wildman–Crippen LogP) is 2.86. The van der Waals surface area contributed by atoms with Crippen LogP contribution in [0, 0.1) is 5.92 Å². The molecule has 7 heteroatoms. The van der Waals surface area contributed by atoms with Gasteiger partial charge in [-0.15, -0.1) is 0 Å². The van der Waals surface area contributed by atoms with Crippen molar-refractivity contribution in [3.8, 4) is 0 Å². The van der Waals surface area contributed by atoms with E-state index in [-0.39, 0.29) is 17.7 Å². The minimum Gasteiger partial charge on any atom is -0.361 e. The van der Waals surface area contributed by atoms with Crippen LogP contribution in [-0.4, -0.2) is 64.7 Å². The normalized spacial score (nSPS) is 18.2. The third kappa shape index (κ3) is 5.31. The highest BCUT2D eigenvalue weighted by atomic mass is 16.2. The molecule has 172 valence electrons. The van der Waals surface area contributed by atoms with Gasteiger partial charge in [-0.25, -0.2) is 0 Å². The number of para-hydroxylation sites is 1. The van der Waals surface area contributed by atoms with Gasteiger partial charge in [0, 0.05) is 63.0 Å². The molecule has 1 aliphatic heterocycles. The van der Waals surface area contributed by atoms with E-state index in [0.29, 0.717) is 44.9 Å². The van der Waals surface area contributed by atoms with Gasteiger partial charge in [0.1, 0.15) is 6.04 Å². The van der Waals surface area contributed by atoms with Gasteiger partial charge in [-0.05, 0) is 24.0 Å². The zero-order valence-corrected chi connectivity index (χ0v) is 18.9. The molecule has 3 amide bonds. The fraction of sp³-hybridized carbons (Fsp3) is 0.560. The fourth-order valence-corrected chi connectivity index (χ4v) is 5.15. The lowest BCUT2D eigenvalue weighted by Crippen LogP contribution is -2.56. The highest BCUT2D eigenvalue weighted by Gasteiger charge is 2.30. The number of fused-ring (bicyclic) bond motifs is 1. The molecule has 1 atom stereocenters. The number of aromatic amines is 1. The van der Waals surface area contributed by atoms with Crippen molar-refractivity contribution in [2.75, 3.05) is 26.2 Å². The zero-order chi connectivity index (χ0) is 22.5. The van der Waals surface area contributed by atoms with Crippen LogP contribution in [0.15, 0.2) is 30.5 Å². The van der Waals surface area contributed by atoms with E-state index in [0.717, 1.165) is 22.9 Å². The first-order chi connectivity index (χ1) is 15.5. The van der Waals surface area contributed by atoms with E-state index < -0.39 is 6.04 Å². The first-order valence-electron chi connectivity index (χ1n) is 11.9. The molecule has 0 spiro atoms. The maximum absolute atomic E-state index is 13.3. The summed E-state index contributed by atoms with van der Waals surface area (Å²) in [7, 11) is 0. The van der Waals surface area contributed by atoms with Crippen LogP contribution >= 0.6 is 0 Å². The Labute approximate surface area is 189 Å². The average Bonchev–Trinajstić information content (AvgIpc) is 3.47. The molecule has 2 aromatic rings. The number of hydrogen-bond acceptors (Lipinski definition) is 3. The van der Waals surface area contributed by atoms with Crippen LogP contribution in [0.5, 0.6) is 0 Å². The molecule has 2 aliphatic rings.